The molecule has 3 aromatic carbocycles. The highest BCUT2D eigenvalue weighted by atomic mass is 32.2. The van der Waals surface area contributed by atoms with E-state index in [1.165, 1.54) is 7.05 Å². The van der Waals surface area contributed by atoms with Crippen LogP contribution in [0.15, 0.2) is 78.9 Å². The van der Waals surface area contributed by atoms with E-state index in [9.17, 15) is 13.2 Å². The predicted molar refractivity (Wildman–Crippen MR) is 115 cm³/mol. The molecule has 7 heteroatoms. The van der Waals surface area contributed by atoms with Gasteiger partial charge in [0.25, 0.3) is 5.91 Å². The zero-order valence-corrected chi connectivity index (χ0v) is 17.0. The first-order chi connectivity index (χ1) is 13.8. The molecule has 1 N–H and O–H groups in total. The van der Waals surface area contributed by atoms with E-state index in [1.54, 1.807) is 48.5 Å². The number of ether oxygens (including phenoxy) is 1. The van der Waals surface area contributed by atoms with Crippen molar-refractivity contribution in [3.05, 3.63) is 90.0 Å². The fourth-order valence-corrected chi connectivity index (χ4v) is 3.21. The Balaban J connectivity index is 1.69. The summed E-state index contributed by atoms with van der Waals surface area (Å²) in [5.41, 5.74) is 2.23. The summed E-state index contributed by atoms with van der Waals surface area (Å²) >= 11 is 0. The zero-order valence-electron chi connectivity index (χ0n) is 16.2. The van der Waals surface area contributed by atoms with Crippen LogP contribution in [0.25, 0.3) is 0 Å². The Morgan fingerprint density at radius 3 is 2.21 bits per heavy atom. The average Bonchev–Trinajstić information content (AvgIpc) is 2.73. The van der Waals surface area contributed by atoms with E-state index in [4.69, 9.17) is 4.74 Å². The van der Waals surface area contributed by atoms with Gasteiger partial charge in [-0.1, -0.05) is 42.5 Å². The molecule has 0 saturated carbocycles. The molecule has 0 aliphatic rings. The third-order valence-electron chi connectivity index (χ3n) is 4.35. The second-order valence-electron chi connectivity index (χ2n) is 6.50. The molecule has 3 aromatic rings. The number of carbonyl (C=O) groups is 1. The molecule has 0 aliphatic heterocycles. The molecular weight excluding hydrogens is 388 g/mol. The van der Waals surface area contributed by atoms with Crippen molar-refractivity contribution >= 4 is 27.3 Å². The maximum Gasteiger partial charge on any atom is 0.257 e. The Morgan fingerprint density at radius 1 is 0.931 bits per heavy atom. The normalized spacial score (nSPS) is 11.0. The van der Waals surface area contributed by atoms with Crippen molar-refractivity contribution in [2.45, 2.75) is 6.61 Å². The van der Waals surface area contributed by atoms with Gasteiger partial charge in [0.2, 0.25) is 10.0 Å². The number of para-hydroxylation sites is 1. The summed E-state index contributed by atoms with van der Waals surface area (Å²) in [4.78, 5) is 12.7. The summed E-state index contributed by atoms with van der Waals surface area (Å²) in [6.07, 6.45) is 1.09. The molecule has 1 amide bonds. The quantitative estimate of drug-likeness (QED) is 0.641. The molecule has 150 valence electrons. The third kappa shape index (κ3) is 5.36. The molecule has 29 heavy (non-hydrogen) atoms. The van der Waals surface area contributed by atoms with E-state index in [0.29, 0.717) is 23.7 Å². The second kappa shape index (κ2) is 8.79. The summed E-state index contributed by atoms with van der Waals surface area (Å²) in [6.45, 7) is 0.456. The van der Waals surface area contributed by atoms with Gasteiger partial charge in [-0.3, -0.25) is 9.10 Å². The van der Waals surface area contributed by atoms with Crippen molar-refractivity contribution in [2.75, 3.05) is 22.9 Å². The predicted octanol–water partition coefficient (Wildman–Crippen LogP) is 3.91. The van der Waals surface area contributed by atoms with Gasteiger partial charge in [0.15, 0.2) is 0 Å². The topological polar surface area (TPSA) is 75.7 Å². The number of rotatable bonds is 7. The van der Waals surface area contributed by atoms with Gasteiger partial charge in [-0.25, -0.2) is 8.42 Å². The summed E-state index contributed by atoms with van der Waals surface area (Å²) in [5.74, 6) is 0.290. The summed E-state index contributed by atoms with van der Waals surface area (Å²) in [7, 11) is -2.07. The van der Waals surface area contributed by atoms with E-state index in [2.05, 4.69) is 5.32 Å². The molecule has 0 spiro atoms. The number of hydrogen-bond donors (Lipinski definition) is 1. The molecule has 0 radical (unpaired) electrons. The highest BCUT2D eigenvalue weighted by molar-refractivity contribution is 7.92. The summed E-state index contributed by atoms with van der Waals surface area (Å²) in [6, 6.07) is 23.4. The maximum atomic E-state index is 12.7. The summed E-state index contributed by atoms with van der Waals surface area (Å²) < 4.78 is 30.5. The number of anilines is 2. The van der Waals surface area contributed by atoms with E-state index in [0.717, 1.165) is 16.1 Å². The number of carbonyl (C=O) groups excluding carboxylic acids is 1. The molecule has 0 aromatic heterocycles. The van der Waals surface area contributed by atoms with Gasteiger partial charge < -0.3 is 10.1 Å². The van der Waals surface area contributed by atoms with Gasteiger partial charge in [0, 0.05) is 12.7 Å². The lowest BCUT2D eigenvalue weighted by atomic mass is 10.1. The van der Waals surface area contributed by atoms with Crippen molar-refractivity contribution in [1.82, 2.24) is 0 Å². The van der Waals surface area contributed by atoms with Crippen LogP contribution in [0.2, 0.25) is 0 Å². The van der Waals surface area contributed by atoms with E-state index in [-0.39, 0.29) is 5.56 Å². The number of amides is 1. The van der Waals surface area contributed by atoms with Crippen molar-refractivity contribution in [3.63, 3.8) is 0 Å². The van der Waals surface area contributed by atoms with Crippen LogP contribution in [0.4, 0.5) is 11.4 Å². The van der Waals surface area contributed by atoms with Crippen LogP contribution in [0.3, 0.4) is 0 Å². The van der Waals surface area contributed by atoms with Crippen LogP contribution in [0.5, 0.6) is 5.75 Å². The molecule has 0 bridgehead atoms. The Labute approximate surface area is 170 Å². The van der Waals surface area contributed by atoms with Gasteiger partial charge in [-0.2, -0.15) is 0 Å². The molecule has 0 atom stereocenters. The Kier molecular flexibility index (Phi) is 6.19. The first kappa shape index (κ1) is 20.4. The fraction of sp³-hybridized carbons (Fsp3) is 0.136. The van der Waals surface area contributed by atoms with Gasteiger partial charge in [0.05, 0.1) is 17.5 Å². The molecule has 3 rings (SSSR count). The molecule has 0 unspecified atom stereocenters. The molecule has 0 saturated heterocycles. The van der Waals surface area contributed by atoms with Crippen molar-refractivity contribution < 1.29 is 17.9 Å². The minimum absolute atomic E-state index is 0.268. The van der Waals surface area contributed by atoms with Crippen molar-refractivity contribution in [3.8, 4) is 5.75 Å². The van der Waals surface area contributed by atoms with E-state index in [1.807, 2.05) is 30.3 Å². The van der Waals surface area contributed by atoms with Gasteiger partial charge >= 0.3 is 0 Å². The third-order valence-corrected chi connectivity index (χ3v) is 5.54. The van der Waals surface area contributed by atoms with Crippen LogP contribution < -0.4 is 14.4 Å². The Morgan fingerprint density at radius 2 is 1.55 bits per heavy atom. The number of sulfonamides is 1. The first-order valence-electron chi connectivity index (χ1n) is 8.95. The molecule has 0 aliphatic carbocycles. The highest BCUT2D eigenvalue weighted by Gasteiger charge is 2.19. The van der Waals surface area contributed by atoms with Crippen molar-refractivity contribution in [2.24, 2.45) is 0 Å². The summed E-state index contributed by atoms with van der Waals surface area (Å²) in [5, 5.41) is 2.79. The lowest BCUT2D eigenvalue weighted by molar-refractivity contribution is 0.102. The van der Waals surface area contributed by atoms with Gasteiger partial charge in [-0.05, 0) is 42.0 Å². The highest BCUT2D eigenvalue weighted by Crippen LogP contribution is 2.23. The molecule has 0 fully saturated rings. The lowest BCUT2D eigenvalue weighted by Crippen LogP contribution is -2.27. The standard InChI is InChI=1S/C22H22N2O4S/c1-24(29(2,26)27)21-11-7-6-10-20(21)22(25)23-18-12-14-19(15-13-18)28-16-17-8-4-3-5-9-17/h3-15H,16H2,1-2H3,(H,23,25). The first-order valence-corrected chi connectivity index (χ1v) is 10.8. The van der Waals surface area contributed by atoms with Crippen LogP contribution in [-0.4, -0.2) is 27.6 Å². The smallest absolute Gasteiger partial charge is 0.257 e. The molecule has 0 heterocycles. The van der Waals surface area contributed by atoms with E-state index < -0.39 is 15.9 Å². The SMILES string of the molecule is CN(c1ccccc1C(=O)Nc1ccc(OCc2ccccc2)cc1)S(C)(=O)=O. The van der Waals surface area contributed by atoms with Crippen LogP contribution in [-0.2, 0) is 16.6 Å². The molecular formula is C22H22N2O4S. The monoisotopic (exact) mass is 410 g/mol. The molecule has 6 nitrogen and oxygen atoms in total. The number of benzene rings is 3. The minimum Gasteiger partial charge on any atom is -0.489 e. The lowest BCUT2D eigenvalue weighted by Gasteiger charge is -2.19. The van der Waals surface area contributed by atoms with Crippen LogP contribution >= 0.6 is 0 Å². The Hall–Kier alpha value is -3.32. The number of nitrogens with zero attached hydrogens (tertiary/aromatic N) is 1. The minimum atomic E-state index is -3.48. The fourth-order valence-electron chi connectivity index (χ4n) is 2.69. The van der Waals surface area contributed by atoms with Crippen LogP contribution in [0.1, 0.15) is 15.9 Å². The largest absolute Gasteiger partial charge is 0.489 e. The maximum absolute atomic E-state index is 12.7. The second-order valence-corrected chi connectivity index (χ2v) is 8.51. The van der Waals surface area contributed by atoms with Gasteiger partial charge in [-0.15, -0.1) is 0 Å². The average molecular weight is 410 g/mol. The zero-order chi connectivity index (χ0) is 20.9. The van der Waals surface area contributed by atoms with Crippen LogP contribution in [0, 0.1) is 0 Å². The number of hydrogen-bond acceptors (Lipinski definition) is 4. The van der Waals surface area contributed by atoms with Crippen molar-refractivity contribution in [1.29, 1.82) is 0 Å². The Bertz CT molecular complexity index is 1080. The van der Waals surface area contributed by atoms with E-state index >= 15 is 0 Å². The number of nitrogens with one attached hydrogen (secondary N) is 1. The van der Waals surface area contributed by atoms with Gasteiger partial charge in [0.1, 0.15) is 12.4 Å².